The maximum atomic E-state index is 12.2. The molecule has 182 valence electrons. The molecule has 1 heterocycles. The van der Waals surface area contributed by atoms with Crippen LogP contribution in [0.5, 0.6) is 11.5 Å². The van der Waals surface area contributed by atoms with Crippen molar-refractivity contribution in [1.82, 2.24) is 0 Å². The van der Waals surface area contributed by atoms with Crippen LogP contribution in [0.4, 0.5) is 0 Å². The normalized spacial score (nSPS) is 36.7. The van der Waals surface area contributed by atoms with E-state index in [1.165, 1.54) is 36.4 Å². The molecule has 0 aromatic heterocycles. The maximum Gasteiger partial charge on any atom is 0.331 e. The van der Waals surface area contributed by atoms with E-state index < -0.39 is 67.7 Å². The largest absolute Gasteiger partial charge is 0.504 e. The van der Waals surface area contributed by atoms with Gasteiger partial charge in [-0.3, -0.25) is 0 Å². The van der Waals surface area contributed by atoms with Crippen molar-refractivity contribution in [3.63, 3.8) is 0 Å². The molecule has 33 heavy (non-hydrogen) atoms. The lowest BCUT2D eigenvalue weighted by molar-refractivity contribution is -0.315. The van der Waals surface area contributed by atoms with E-state index in [1.54, 1.807) is 0 Å². The molecule has 12 nitrogen and oxygen atoms in total. The second-order valence-corrected chi connectivity index (χ2v) is 7.65. The number of benzene rings is 1. The Morgan fingerprint density at radius 1 is 0.970 bits per heavy atom. The lowest BCUT2D eigenvalue weighted by Crippen LogP contribution is -2.61. The first-order chi connectivity index (χ1) is 15.6. The van der Waals surface area contributed by atoms with E-state index in [9.17, 15) is 45.6 Å². The van der Waals surface area contributed by atoms with Crippen molar-refractivity contribution < 1.29 is 59.9 Å². The fraction of sp³-hybridized carbons (Fsp3) is 0.476. The predicted molar refractivity (Wildman–Crippen MR) is 108 cm³/mol. The molecule has 8 N–H and O–H groups in total. The molecule has 12 heteroatoms. The minimum absolute atomic E-state index is 0.333. The summed E-state index contributed by atoms with van der Waals surface area (Å²) in [5.74, 6) is -1.66. The molecule has 1 aliphatic heterocycles. The van der Waals surface area contributed by atoms with Crippen LogP contribution in [0.3, 0.4) is 0 Å². The molecule has 9 atom stereocenters. The molecular formula is C21H26O12. The molecule has 1 aliphatic carbocycles. The Morgan fingerprint density at radius 2 is 1.70 bits per heavy atom. The summed E-state index contributed by atoms with van der Waals surface area (Å²) >= 11 is 0. The van der Waals surface area contributed by atoms with E-state index in [1.807, 2.05) is 0 Å². The Balaban J connectivity index is 1.64. The first-order valence-electron chi connectivity index (χ1n) is 10.0. The Bertz CT molecular complexity index is 884. The minimum Gasteiger partial charge on any atom is -0.504 e. The van der Waals surface area contributed by atoms with Gasteiger partial charge in [-0.25, -0.2) is 4.79 Å². The highest BCUT2D eigenvalue weighted by Crippen LogP contribution is 2.28. The minimum atomic E-state index is -1.71. The molecule has 0 bridgehead atoms. The van der Waals surface area contributed by atoms with E-state index in [0.717, 1.165) is 6.08 Å². The summed E-state index contributed by atoms with van der Waals surface area (Å²) in [5, 5.41) is 78.5. The summed E-state index contributed by atoms with van der Waals surface area (Å²) in [6, 6.07) is 3.85. The van der Waals surface area contributed by atoms with E-state index in [4.69, 9.17) is 14.2 Å². The monoisotopic (exact) mass is 470 g/mol. The van der Waals surface area contributed by atoms with Gasteiger partial charge >= 0.3 is 5.97 Å². The number of hydrogen-bond donors (Lipinski definition) is 8. The number of aromatic hydroxyl groups is 2. The summed E-state index contributed by atoms with van der Waals surface area (Å²) in [6.45, 7) is -0.669. The van der Waals surface area contributed by atoms with Crippen molar-refractivity contribution in [2.45, 2.75) is 55.1 Å². The van der Waals surface area contributed by atoms with Gasteiger partial charge in [-0.1, -0.05) is 18.2 Å². The maximum absolute atomic E-state index is 12.2. The van der Waals surface area contributed by atoms with E-state index in [0.29, 0.717) is 5.56 Å². The highest BCUT2D eigenvalue weighted by atomic mass is 16.7. The van der Waals surface area contributed by atoms with Gasteiger partial charge in [-0.05, 0) is 23.8 Å². The lowest BCUT2D eigenvalue weighted by Gasteiger charge is -2.42. The van der Waals surface area contributed by atoms with Crippen molar-refractivity contribution in [2.24, 2.45) is 0 Å². The van der Waals surface area contributed by atoms with E-state index >= 15 is 0 Å². The molecule has 1 fully saturated rings. The predicted octanol–water partition coefficient (Wildman–Crippen LogP) is -2.50. The number of aliphatic hydroxyl groups is 6. The van der Waals surface area contributed by atoms with Crippen molar-refractivity contribution in [2.75, 3.05) is 6.61 Å². The second-order valence-electron chi connectivity index (χ2n) is 7.65. The lowest BCUT2D eigenvalue weighted by atomic mass is 9.95. The van der Waals surface area contributed by atoms with Gasteiger partial charge in [0, 0.05) is 6.08 Å². The van der Waals surface area contributed by atoms with Gasteiger partial charge in [0.05, 0.1) is 6.61 Å². The van der Waals surface area contributed by atoms with Gasteiger partial charge < -0.3 is 55.1 Å². The first kappa shape index (κ1) is 25.1. The van der Waals surface area contributed by atoms with Crippen LogP contribution in [0.2, 0.25) is 0 Å². The summed E-state index contributed by atoms with van der Waals surface area (Å²) in [5.41, 5.74) is 0.371. The number of phenolic OH excluding ortho intramolecular Hbond substituents is 2. The smallest absolute Gasteiger partial charge is 0.331 e. The molecule has 2 aliphatic rings. The van der Waals surface area contributed by atoms with Gasteiger partial charge in [0.15, 0.2) is 23.9 Å². The van der Waals surface area contributed by atoms with Crippen molar-refractivity contribution in [3.05, 3.63) is 42.0 Å². The summed E-state index contributed by atoms with van der Waals surface area (Å²) < 4.78 is 15.8. The number of phenols is 2. The number of rotatable bonds is 6. The van der Waals surface area contributed by atoms with Gasteiger partial charge in [-0.2, -0.15) is 0 Å². The van der Waals surface area contributed by atoms with Gasteiger partial charge in [0.25, 0.3) is 0 Å². The Labute approximate surface area is 187 Å². The number of hydrogen-bond acceptors (Lipinski definition) is 12. The zero-order valence-electron chi connectivity index (χ0n) is 17.2. The summed E-state index contributed by atoms with van der Waals surface area (Å²) in [4.78, 5) is 12.2. The average molecular weight is 470 g/mol. The Hall–Kier alpha value is -2.55. The molecular weight excluding hydrogens is 444 g/mol. The molecule has 3 rings (SSSR count). The van der Waals surface area contributed by atoms with Crippen LogP contribution in [0.1, 0.15) is 5.56 Å². The van der Waals surface area contributed by atoms with Crippen molar-refractivity contribution in [3.8, 4) is 11.5 Å². The molecule has 0 radical (unpaired) electrons. The molecule has 0 unspecified atom stereocenters. The number of carbonyl (C=O) groups excluding carboxylic acids is 1. The molecule has 1 aromatic rings. The van der Waals surface area contributed by atoms with Crippen LogP contribution >= 0.6 is 0 Å². The van der Waals surface area contributed by atoms with Crippen molar-refractivity contribution >= 4 is 12.0 Å². The zero-order chi connectivity index (χ0) is 24.3. The number of esters is 1. The zero-order valence-corrected chi connectivity index (χ0v) is 17.2. The SMILES string of the molecule is O=C(/C=C/c1ccc(O)c(O)c1)O[C@H]1[C@@H](O)[C@@H](O[C@H]2O[C@@H](CO)[C@@H](O)[C@@H](O)[C@H]2O)C=C[C@H]1O. The molecule has 0 spiro atoms. The molecule has 1 saturated heterocycles. The second kappa shape index (κ2) is 10.6. The van der Waals surface area contributed by atoms with Gasteiger partial charge in [0.2, 0.25) is 0 Å². The molecule has 0 saturated carbocycles. The summed E-state index contributed by atoms with van der Waals surface area (Å²) in [7, 11) is 0. The Morgan fingerprint density at radius 3 is 2.36 bits per heavy atom. The van der Waals surface area contributed by atoms with Gasteiger partial charge in [-0.15, -0.1) is 0 Å². The van der Waals surface area contributed by atoms with Gasteiger partial charge in [0.1, 0.15) is 42.7 Å². The van der Waals surface area contributed by atoms with Crippen LogP contribution in [0, 0.1) is 0 Å². The standard InChI is InChI=1S/C21H26O12/c22-8-14-16(27)18(29)19(30)21(32-14)31-13-5-4-11(24)20(17(13)28)33-15(26)6-2-9-1-3-10(23)12(25)7-9/h1-7,11,13-14,16-25,27-30H,8H2/b6-2+/t11-,13+,14+,16-,17+,18-,19-,20-,21+/m1/s1. The average Bonchev–Trinajstić information content (AvgIpc) is 2.79. The van der Waals surface area contributed by atoms with Crippen LogP contribution in [-0.4, -0.2) is 109 Å². The van der Waals surface area contributed by atoms with Crippen LogP contribution in [0.15, 0.2) is 36.4 Å². The fourth-order valence-electron chi connectivity index (χ4n) is 3.42. The number of carbonyl (C=O) groups is 1. The van der Waals surface area contributed by atoms with Crippen LogP contribution in [0.25, 0.3) is 6.08 Å². The topological polar surface area (TPSA) is 207 Å². The van der Waals surface area contributed by atoms with Crippen LogP contribution in [-0.2, 0) is 19.0 Å². The molecule has 1 aromatic carbocycles. The fourth-order valence-corrected chi connectivity index (χ4v) is 3.42. The van der Waals surface area contributed by atoms with Crippen LogP contribution < -0.4 is 0 Å². The third kappa shape index (κ3) is 5.69. The number of aliphatic hydroxyl groups excluding tert-OH is 6. The third-order valence-electron chi connectivity index (χ3n) is 5.31. The van der Waals surface area contributed by atoms with E-state index in [-0.39, 0.29) is 11.5 Å². The molecule has 0 amide bonds. The Kier molecular flexibility index (Phi) is 8.05. The van der Waals surface area contributed by atoms with Crippen molar-refractivity contribution in [1.29, 1.82) is 0 Å². The number of ether oxygens (including phenoxy) is 3. The highest BCUT2D eigenvalue weighted by Gasteiger charge is 2.47. The third-order valence-corrected chi connectivity index (χ3v) is 5.31. The highest BCUT2D eigenvalue weighted by molar-refractivity contribution is 5.87. The quantitative estimate of drug-likeness (QED) is 0.0940. The van der Waals surface area contributed by atoms with E-state index in [2.05, 4.69) is 0 Å². The first-order valence-corrected chi connectivity index (χ1v) is 10.0. The summed E-state index contributed by atoms with van der Waals surface area (Å²) in [6.07, 6.45) is -8.74.